The van der Waals surface area contributed by atoms with Crippen LogP contribution in [0.1, 0.15) is 126 Å². The molecule has 0 aromatic carbocycles. The quantitative estimate of drug-likeness (QED) is 0.100. The normalized spacial score (nSPS) is 21.3. The van der Waals surface area contributed by atoms with Gasteiger partial charge in [0.25, 0.3) is 0 Å². The fraction of sp³-hybridized carbons (Fsp3) is 0.758. The van der Waals surface area contributed by atoms with Gasteiger partial charge in [-0.25, -0.2) is 0 Å². The third-order valence-corrected chi connectivity index (χ3v) is 6.34. The van der Waals surface area contributed by atoms with Crippen LogP contribution in [-0.4, -0.2) is 36.9 Å². The molecule has 0 aromatic rings. The minimum atomic E-state index is -0.464. The average molecular weight is 535 g/mol. The van der Waals surface area contributed by atoms with Crippen molar-refractivity contribution in [3.8, 4) is 11.8 Å². The van der Waals surface area contributed by atoms with Gasteiger partial charge in [-0.15, -0.1) is 11.8 Å². The molecule has 1 N–H and O–H groups in total. The summed E-state index contributed by atoms with van der Waals surface area (Å²) < 4.78 is 9.49. The van der Waals surface area contributed by atoms with E-state index in [0.717, 1.165) is 45.1 Å². The van der Waals surface area contributed by atoms with Crippen molar-refractivity contribution in [1.29, 1.82) is 0 Å². The van der Waals surface area contributed by atoms with Crippen LogP contribution in [0.5, 0.6) is 0 Å². The molecule has 1 heterocycles. The molecule has 38 heavy (non-hydrogen) atoms. The summed E-state index contributed by atoms with van der Waals surface area (Å²) >= 11 is 0. The van der Waals surface area contributed by atoms with Gasteiger partial charge in [0.1, 0.15) is 0 Å². The van der Waals surface area contributed by atoms with Crippen molar-refractivity contribution < 1.29 is 24.2 Å². The minimum absolute atomic E-state index is 0.0185. The highest BCUT2D eigenvalue weighted by Gasteiger charge is 2.25. The topological polar surface area (TPSA) is 72.8 Å². The van der Waals surface area contributed by atoms with Gasteiger partial charge in [-0.05, 0) is 83.1 Å². The van der Waals surface area contributed by atoms with Crippen LogP contribution < -0.4 is 0 Å². The molecule has 2 rings (SSSR count). The number of ether oxygens (including phenoxy) is 2. The Balaban J connectivity index is 0. The standard InChI is InChI=1S/C23H34O3.C5H10O2.C3H8.C2H6/c1-5-6-11-19(3)22(24)16-15-20-12-9-13-21(20)17-18(2)10-7-8-14-23(25)26-4;6-5-3-1-2-4-7-5;1-3-2;1-2/h10,15-16,19-21H,7-9,11-14,17H2,1-4H3;5-6H,1-4H2;3H2,1-2H3;1-2H3/b16-15+,18-10+;;;/t19?,20?,21-;;;/m1.../s1. The number of ketones is 1. The summed E-state index contributed by atoms with van der Waals surface area (Å²) in [5, 5.41) is 8.69. The molecule has 220 valence electrons. The van der Waals surface area contributed by atoms with Gasteiger partial charge in [-0.2, -0.15) is 0 Å². The van der Waals surface area contributed by atoms with Crippen molar-refractivity contribution in [3.05, 3.63) is 23.8 Å². The number of aliphatic hydroxyl groups excluding tert-OH is 1. The Kier molecular flexibility index (Phi) is 26.9. The summed E-state index contributed by atoms with van der Waals surface area (Å²) in [7, 11) is 1.43. The minimum Gasteiger partial charge on any atom is -0.469 e. The molecule has 0 spiro atoms. The predicted molar refractivity (Wildman–Crippen MR) is 160 cm³/mol. The molecule has 1 aliphatic heterocycles. The van der Waals surface area contributed by atoms with Crippen molar-refractivity contribution in [2.24, 2.45) is 17.8 Å². The number of methoxy groups -OCH3 is 1. The lowest BCUT2D eigenvalue weighted by Crippen LogP contribution is -2.17. The maximum absolute atomic E-state index is 12.2. The Labute approximate surface area is 234 Å². The van der Waals surface area contributed by atoms with Gasteiger partial charge in [0.05, 0.1) is 7.11 Å². The molecule has 0 amide bonds. The Morgan fingerprint density at radius 1 is 1.13 bits per heavy atom. The van der Waals surface area contributed by atoms with Gasteiger partial charge in [-0.3, -0.25) is 9.59 Å². The summed E-state index contributed by atoms with van der Waals surface area (Å²) in [5.74, 6) is 7.00. The molecular weight excluding hydrogens is 476 g/mol. The zero-order chi connectivity index (χ0) is 29.2. The molecule has 4 atom stereocenters. The zero-order valence-electron chi connectivity index (χ0n) is 25.8. The fourth-order valence-corrected chi connectivity index (χ4v) is 4.23. The molecule has 5 nitrogen and oxygen atoms in total. The van der Waals surface area contributed by atoms with E-state index in [1.165, 1.54) is 38.4 Å². The van der Waals surface area contributed by atoms with Crippen LogP contribution in [0, 0.1) is 29.6 Å². The molecule has 1 aliphatic carbocycles. The van der Waals surface area contributed by atoms with E-state index in [4.69, 9.17) is 9.84 Å². The van der Waals surface area contributed by atoms with Gasteiger partial charge in [0, 0.05) is 25.4 Å². The van der Waals surface area contributed by atoms with E-state index in [1.807, 2.05) is 27.7 Å². The smallest absolute Gasteiger partial charge is 0.305 e. The highest BCUT2D eigenvalue weighted by molar-refractivity contribution is 5.91. The lowest BCUT2D eigenvalue weighted by atomic mass is 9.88. The third-order valence-electron chi connectivity index (χ3n) is 6.34. The molecule has 3 unspecified atom stereocenters. The van der Waals surface area contributed by atoms with Gasteiger partial charge in [-0.1, -0.05) is 65.2 Å². The van der Waals surface area contributed by atoms with E-state index < -0.39 is 6.29 Å². The second-order valence-corrected chi connectivity index (χ2v) is 9.90. The van der Waals surface area contributed by atoms with E-state index in [0.29, 0.717) is 24.7 Å². The number of hydrogen-bond acceptors (Lipinski definition) is 5. The van der Waals surface area contributed by atoms with Crippen molar-refractivity contribution in [1.82, 2.24) is 0 Å². The summed E-state index contributed by atoms with van der Waals surface area (Å²) in [6.07, 6.45) is 17.6. The van der Waals surface area contributed by atoms with Crippen LogP contribution >= 0.6 is 0 Å². The third kappa shape index (κ3) is 21.1. The number of unbranched alkanes of at least 4 members (excludes halogenated alkanes) is 1. The van der Waals surface area contributed by atoms with Gasteiger partial charge in [0.2, 0.25) is 0 Å². The van der Waals surface area contributed by atoms with E-state index in [1.54, 1.807) is 6.08 Å². The molecule has 2 fully saturated rings. The van der Waals surface area contributed by atoms with Crippen LogP contribution in [0.4, 0.5) is 0 Å². The highest BCUT2D eigenvalue weighted by Crippen LogP contribution is 2.37. The Hall–Kier alpha value is -1.90. The van der Waals surface area contributed by atoms with Crippen LogP contribution in [-0.2, 0) is 19.1 Å². The molecule has 1 saturated carbocycles. The summed E-state index contributed by atoms with van der Waals surface area (Å²) in [6.45, 7) is 14.9. The van der Waals surface area contributed by atoms with Crippen molar-refractivity contribution in [3.63, 3.8) is 0 Å². The Morgan fingerprint density at radius 2 is 1.82 bits per heavy atom. The van der Waals surface area contributed by atoms with Crippen molar-refractivity contribution in [2.45, 2.75) is 132 Å². The average Bonchev–Trinajstić information content (AvgIpc) is 3.37. The maximum atomic E-state index is 12.2. The fourth-order valence-electron chi connectivity index (χ4n) is 4.23. The van der Waals surface area contributed by atoms with E-state index in [9.17, 15) is 9.59 Å². The highest BCUT2D eigenvalue weighted by atomic mass is 16.6. The van der Waals surface area contributed by atoms with Crippen molar-refractivity contribution in [2.75, 3.05) is 13.7 Å². The van der Waals surface area contributed by atoms with Gasteiger partial charge < -0.3 is 14.6 Å². The second kappa shape index (κ2) is 26.7. The van der Waals surface area contributed by atoms with E-state index in [2.05, 4.69) is 49.5 Å². The number of allylic oxidation sites excluding steroid dienone is 4. The van der Waals surface area contributed by atoms with Crippen LogP contribution in [0.15, 0.2) is 23.8 Å². The number of rotatable bonds is 10. The molecule has 0 radical (unpaired) electrons. The van der Waals surface area contributed by atoms with E-state index >= 15 is 0 Å². The first-order valence-corrected chi connectivity index (χ1v) is 14.9. The second-order valence-electron chi connectivity index (χ2n) is 9.90. The van der Waals surface area contributed by atoms with Gasteiger partial charge >= 0.3 is 5.97 Å². The van der Waals surface area contributed by atoms with Crippen LogP contribution in [0.25, 0.3) is 0 Å². The zero-order valence-corrected chi connectivity index (χ0v) is 25.8. The van der Waals surface area contributed by atoms with Crippen LogP contribution in [0.3, 0.4) is 0 Å². The molecule has 0 bridgehead atoms. The number of aliphatic hydroxyl groups is 1. The molecule has 5 heteroatoms. The first-order valence-electron chi connectivity index (χ1n) is 14.9. The maximum Gasteiger partial charge on any atom is 0.305 e. The van der Waals surface area contributed by atoms with E-state index in [-0.39, 0.29) is 17.7 Å². The number of carbonyl (C=O) groups is 2. The molecular formula is C33H58O5. The lowest BCUT2D eigenvalue weighted by molar-refractivity contribution is -0.140. The summed E-state index contributed by atoms with van der Waals surface area (Å²) in [6, 6.07) is 0. The first kappa shape index (κ1) is 38.2. The van der Waals surface area contributed by atoms with Crippen molar-refractivity contribution >= 4 is 11.8 Å². The molecule has 2 aliphatic rings. The largest absolute Gasteiger partial charge is 0.469 e. The monoisotopic (exact) mass is 534 g/mol. The van der Waals surface area contributed by atoms with Gasteiger partial charge in [0.15, 0.2) is 12.1 Å². The summed E-state index contributed by atoms with van der Waals surface area (Å²) in [4.78, 5) is 23.3. The number of esters is 1. The first-order chi connectivity index (χ1) is 18.3. The predicted octanol–water partition coefficient (Wildman–Crippen LogP) is 8.21. The lowest BCUT2D eigenvalue weighted by Gasteiger charge is -2.17. The summed E-state index contributed by atoms with van der Waals surface area (Å²) in [5.41, 5.74) is 1.39. The number of carbonyl (C=O) groups excluding carboxylic acids is 2. The molecule has 1 saturated heterocycles. The molecule has 0 aromatic heterocycles. The SMILES string of the molecule is CC.CC#CCC(C)C(=O)/C=C/C1CCC[C@@H]1C/C(C)=C/CCCC(=O)OC.CCC.OC1CCCCO1. The number of hydrogen-bond donors (Lipinski definition) is 1. The van der Waals surface area contributed by atoms with Crippen LogP contribution in [0.2, 0.25) is 0 Å². The Morgan fingerprint density at radius 3 is 2.34 bits per heavy atom. The Bertz CT molecular complexity index is 707.